The molecule has 0 saturated carbocycles. The second-order valence-electron chi connectivity index (χ2n) is 3.73. The lowest BCUT2D eigenvalue weighted by Gasteiger charge is -1.98. The van der Waals surface area contributed by atoms with Crippen LogP contribution in [0.4, 0.5) is 0 Å². The van der Waals surface area contributed by atoms with Gasteiger partial charge in [0.25, 0.3) is 0 Å². The molecule has 0 atom stereocenters. The number of rotatable bonds is 2. The number of benzene rings is 1. The second-order valence-corrected chi connectivity index (χ2v) is 5.00. The summed E-state index contributed by atoms with van der Waals surface area (Å²) < 4.78 is 0. The summed E-state index contributed by atoms with van der Waals surface area (Å²) in [4.78, 5) is 8.87. The molecule has 2 heterocycles. The van der Waals surface area contributed by atoms with Gasteiger partial charge in [0.05, 0.1) is 10.7 Å². The van der Waals surface area contributed by atoms with E-state index in [0.29, 0.717) is 0 Å². The first-order valence-corrected chi connectivity index (χ1v) is 6.72. The minimum absolute atomic E-state index is 0.722. The Morgan fingerprint density at radius 1 is 0.944 bits per heavy atom. The van der Waals surface area contributed by atoms with Gasteiger partial charge in [0, 0.05) is 17.1 Å². The van der Waals surface area contributed by atoms with Crippen LogP contribution in [0.2, 0.25) is 5.02 Å². The predicted molar refractivity (Wildman–Crippen MR) is 75.8 cm³/mol. The Balaban J connectivity index is 2.03. The fourth-order valence-corrected chi connectivity index (χ4v) is 2.80. The Bertz CT molecular complexity index is 664. The van der Waals surface area contributed by atoms with Crippen LogP contribution in [0.5, 0.6) is 0 Å². The van der Waals surface area contributed by atoms with E-state index in [0.717, 1.165) is 27.0 Å². The maximum absolute atomic E-state index is 6.17. The van der Waals surface area contributed by atoms with Crippen molar-refractivity contribution in [3.05, 3.63) is 59.1 Å². The number of hydrogen-bond acceptors (Lipinski definition) is 3. The average molecular weight is 273 g/mol. The van der Waals surface area contributed by atoms with Gasteiger partial charge in [-0.05, 0) is 18.2 Å². The van der Waals surface area contributed by atoms with Crippen molar-refractivity contribution in [1.82, 2.24) is 9.97 Å². The van der Waals surface area contributed by atoms with Gasteiger partial charge < -0.3 is 0 Å². The lowest BCUT2D eigenvalue weighted by atomic mass is 10.2. The Kier molecular flexibility index (Phi) is 3.09. The zero-order valence-electron chi connectivity index (χ0n) is 9.38. The Morgan fingerprint density at radius 2 is 1.78 bits per heavy atom. The maximum atomic E-state index is 6.17. The second kappa shape index (κ2) is 4.88. The van der Waals surface area contributed by atoms with Crippen LogP contribution in [0.25, 0.3) is 22.0 Å². The molecule has 0 fully saturated rings. The van der Waals surface area contributed by atoms with E-state index in [-0.39, 0.29) is 0 Å². The van der Waals surface area contributed by atoms with Crippen LogP contribution in [0.1, 0.15) is 0 Å². The molecule has 0 amide bonds. The number of pyridine rings is 1. The first kappa shape index (κ1) is 11.4. The quantitative estimate of drug-likeness (QED) is 0.685. The van der Waals surface area contributed by atoms with Crippen molar-refractivity contribution in [3.8, 4) is 22.0 Å². The summed E-state index contributed by atoms with van der Waals surface area (Å²) in [5.41, 5.74) is 2.73. The fourth-order valence-electron chi connectivity index (χ4n) is 1.66. The molecule has 0 aliphatic rings. The highest BCUT2D eigenvalue weighted by molar-refractivity contribution is 7.13. The zero-order chi connectivity index (χ0) is 12.4. The summed E-state index contributed by atoms with van der Waals surface area (Å²) >= 11 is 7.74. The van der Waals surface area contributed by atoms with Gasteiger partial charge in [0.15, 0.2) is 0 Å². The van der Waals surface area contributed by atoms with Gasteiger partial charge in [-0.15, -0.1) is 11.3 Å². The molecule has 1 aromatic carbocycles. The molecule has 3 rings (SSSR count). The van der Waals surface area contributed by atoms with Crippen LogP contribution in [0.15, 0.2) is 54.0 Å². The molecule has 0 radical (unpaired) electrons. The maximum Gasteiger partial charge on any atom is 0.125 e. The summed E-state index contributed by atoms with van der Waals surface area (Å²) in [5, 5.41) is 3.64. The molecule has 4 heteroatoms. The molecule has 18 heavy (non-hydrogen) atoms. The zero-order valence-corrected chi connectivity index (χ0v) is 10.9. The fraction of sp³-hybridized carbons (Fsp3) is 0. The van der Waals surface area contributed by atoms with E-state index in [9.17, 15) is 0 Å². The van der Waals surface area contributed by atoms with Gasteiger partial charge in [-0.3, -0.25) is 4.98 Å². The summed E-state index contributed by atoms with van der Waals surface area (Å²) in [5.74, 6) is 0. The minimum atomic E-state index is 0.722. The standard InChI is InChI=1S/C14H9ClN2S/c15-11-6-2-1-5-10(11)14-17-13(9-18-14)12-7-3-4-8-16-12/h1-9H. The van der Waals surface area contributed by atoms with Crippen LogP contribution in [0, 0.1) is 0 Å². The number of halogens is 1. The number of nitrogens with zero attached hydrogens (tertiary/aromatic N) is 2. The van der Waals surface area contributed by atoms with Crippen LogP contribution in [-0.2, 0) is 0 Å². The lowest BCUT2D eigenvalue weighted by molar-refractivity contribution is 1.28. The van der Waals surface area contributed by atoms with E-state index in [1.807, 2.05) is 47.8 Å². The van der Waals surface area contributed by atoms with Crippen molar-refractivity contribution in [2.75, 3.05) is 0 Å². The molecular formula is C14H9ClN2S. The van der Waals surface area contributed by atoms with E-state index in [1.165, 1.54) is 0 Å². The summed E-state index contributed by atoms with van der Waals surface area (Å²) in [6, 6.07) is 13.5. The van der Waals surface area contributed by atoms with Gasteiger partial charge >= 0.3 is 0 Å². The highest BCUT2D eigenvalue weighted by atomic mass is 35.5. The molecule has 0 spiro atoms. The molecule has 2 nitrogen and oxygen atoms in total. The third kappa shape index (κ3) is 2.15. The first-order chi connectivity index (χ1) is 8.84. The number of hydrogen-bond donors (Lipinski definition) is 0. The normalized spacial score (nSPS) is 10.5. The molecule has 2 aromatic heterocycles. The van der Waals surface area contributed by atoms with Crippen molar-refractivity contribution in [2.45, 2.75) is 0 Å². The molecule has 0 aliphatic carbocycles. The highest BCUT2D eigenvalue weighted by Gasteiger charge is 2.09. The van der Waals surface area contributed by atoms with Crippen molar-refractivity contribution >= 4 is 22.9 Å². The molecule has 0 saturated heterocycles. The van der Waals surface area contributed by atoms with Crippen molar-refractivity contribution < 1.29 is 0 Å². The van der Waals surface area contributed by atoms with E-state index in [1.54, 1.807) is 17.5 Å². The Hall–Kier alpha value is -1.71. The van der Waals surface area contributed by atoms with Gasteiger partial charge in [0.2, 0.25) is 0 Å². The van der Waals surface area contributed by atoms with Crippen molar-refractivity contribution in [1.29, 1.82) is 0 Å². The average Bonchev–Trinajstić information content (AvgIpc) is 2.90. The molecular weight excluding hydrogens is 264 g/mol. The molecule has 0 unspecified atom stereocenters. The molecule has 0 bridgehead atoms. The molecule has 0 N–H and O–H groups in total. The van der Waals surface area contributed by atoms with Crippen molar-refractivity contribution in [3.63, 3.8) is 0 Å². The van der Waals surface area contributed by atoms with E-state index in [2.05, 4.69) is 9.97 Å². The third-order valence-electron chi connectivity index (χ3n) is 2.54. The number of thiazole rings is 1. The van der Waals surface area contributed by atoms with Gasteiger partial charge in [-0.25, -0.2) is 4.98 Å². The SMILES string of the molecule is Clc1ccccc1-c1nc(-c2ccccn2)cs1. The monoisotopic (exact) mass is 272 g/mol. The van der Waals surface area contributed by atoms with Gasteiger partial charge in [-0.1, -0.05) is 35.9 Å². The largest absolute Gasteiger partial charge is 0.255 e. The summed E-state index contributed by atoms with van der Waals surface area (Å²) in [7, 11) is 0. The molecule has 0 aliphatic heterocycles. The highest BCUT2D eigenvalue weighted by Crippen LogP contribution is 2.32. The van der Waals surface area contributed by atoms with Gasteiger partial charge in [-0.2, -0.15) is 0 Å². The van der Waals surface area contributed by atoms with E-state index in [4.69, 9.17) is 11.6 Å². The smallest absolute Gasteiger partial charge is 0.125 e. The number of aromatic nitrogens is 2. The van der Waals surface area contributed by atoms with Crippen LogP contribution in [-0.4, -0.2) is 9.97 Å². The lowest BCUT2D eigenvalue weighted by Crippen LogP contribution is -1.82. The predicted octanol–water partition coefficient (Wildman–Crippen LogP) is 4.53. The van der Waals surface area contributed by atoms with Crippen LogP contribution in [0.3, 0.4) is 0 Å². The first-order valence-electron chi connectivity index (χ1n) is 5.46. The Morgan fingerprint density at radius 3 is 2.56 bits per heavy atom. The Labute approximate surface area is 114 Å². The topological polar surface area (TPSA) is 25.8 Å². The summed E-state index contributed by atoms with van der Waals surface area (Å²) in [6.45, 7) is 0. The van der Waals surface area contributed by atoms with Crippen LogP contribution < -0.4 is 0 Å². The third-order valence-corrected chi connectivity index (χ3v) is 3.74. The van der Waals surface area contributed by atoms with Crippen LogP contribution >= 0.6 is 22.9 Å². The van der Waals surface area contributed by atoms with Gasteiger partial charge in [0.1, 0.15) is 10.7 Å². The van der Waals surface area contributed by atoms with E-state index >= 15 is 0 Å². The summed E-state index contributed by atoms with van der Waals surface area (Å²) in [6.07, 6.45) is 1.77. The van der Waals surface area contributed by atoms with E-state index < -0.39 is 0 Å². The molecule has 88 valence electrons. The van der Waals surface area contributed by atoms with Crippen molar-refractivity contribution in [2.24, 2.45) is 0 Å². The molecule has 3 aromatic rings. The minimum Gasteiger partial charge on any atom is -0.255 e.